The molecule has 0 aliphatic rings. The molecule has 25 heavy (non-hydrogen) atoms. The predicted octanol–water partition coefficient (Wildman–Crippen LogP) is 1.14. The molecule has 1 rings (SSSR count). The van der Waals surface area contributed by atoms with Crippen molar-refractivity contribution in [2.45, 2.75) is 25.4 Å². The van der Waals surface area contributed by atoms with Gasteiger partial charge in [0.15, 0.2) is 0 Å². The second-order valence-electron chi connectivity index (χ2n) is 4.65. The molecule has 12 heteroatoms. The summed E-state index contributed by atoms with van der Waals surface area (Å²) < 4.78 is 4.95. The van der Waals surface area contributed by atoms with Crippen molar-refractivity contribution in [1.29, 1.82) is 0 Å². The van der Waals surface area contributed by atoms with E-state index in [1.165, 1.54) is 24.3 Å². The molecule has 0 saturated carbocycles. The Hall–Kier alpha value is -3.44. The summed E-state index contributed by atoms with van der Waals surface area (Å²) in [7, 11) is 0. The maximum Gasteiger partial charge on any atom is 0.475 e. The van der Waals surface area contributed by atoms with Gasteiger partial charge in [-0.2, -0.15) is 4.84 Å². The van der Waals surface area contributed by atoms with Gasteiger partial charge in [-0.3, -0.25) is 4.79 Å². The third-order valence-electron chi connectivity index (χ3n) is 2.85. The van der Waals surface area contributed by atoms with Crippen LogP contribution in [-0.2, 0) is 14.5 Å². The van der Waals surface area contributed by atoms with Crippen molar-refractivity contribution >= 4 is 11.9 Å². The van der Waals surface area contributed by atoms with Crippen molar-refractivity contribution in [1.82, 2.24) is 0 Å². The number of para-hydroxylation sites is 1. The van der Waals surface area contributed by atoms with E-state index < -0.39 is 34.8 Å². The largest absolute Gasteiger partial charge is 0.478 e. The van der Waals surface area contributed by atoms with Crippen molar-refractivity contribution in [3.8, 4) is 5.75 Å². The number of hydrogen-bond donors (Lipinski definition) is 2. The molecule has 12 nitrogen and oxygen atoms in total. The summed E-state index contributed by atoms with van der Waals surface area (Å²) in [6.07, 6.45) is -1.31. The highest BCUT2D eigenvalue weighted by Crippen LogP contribution is 2.19. The molecule has 136 valence electrons. The monoisotopic (exact) mass is 359 g/mol. The van der Waals surface area contributed by atoms with Crippen LogP contribution in [0.15, 0.2) is 24.3 Å². The maximum absolute atomic E-state index is 11.7. The number of carboxylic acids is 1. The Labute approximate surface area is 140 Å². The van der Waals surface area contributed by atoms with Crippen molar-refractivity contribution in [3.63, 3.8) is 0 Å². The van der Waals surface area contributed by atoms with Crippen molar-refractivity contribution in [3.05, 3.63) is 44.9 Å². The maximum atomic E-state index is 11.7. The van der Waals surface area contributed by atoms with E-state index in [1.54, 1.807) is 0 Å². The molecule has 0 aliphatic carbocycles. The molecule has 1 aromatic carbocycles. The lowest BCUT2D eigenvalue weighted by molar-refractivity contribution is -0.983. The van der Waals surface area contributed by atoms with Gasteiger partial charge in [0.1, 0.15) is 22.8 Å². The molecule has 0 radical (unpaired) electrons. The predicted molar refractivity (Wildman–Crippen MR) is 76.1 cm³/mol. The van der Waals surface area contributed by atoms with Crippen LogP contribution >= 0.6 is 0 Å². The number of benzene rings is 1. The van der Waals surface area contributed by atoms with Crippen LogP contribution in [0, 0.1) is 15.0 Å². The molecular formula is C13H15N2O10+. The van der Waals surface area contributed by atoms with Gasteiger partial charge < -0.3 is 14.7 Å². The Kier molecular flexibility index (Phi) is 7.56. The molecule has 0 heterocycles. The molecule has 0 saturated heterocycles. The number of hydrogen-bond acceptors (Lipinski definition) is 8. The van der Waals surface area contributed by atoms with Crippen LogP contribution in [0.4, 0.5) is 0 Å². The SMILES string of the molecule is O=C(CCCC(CO[N+](=O)[O-])O[N+](=O)O)Oc1ccccc1C(=O)O. The van der Waals surface area contributed by atoms with Gasteiger partial charge in [-0.05, 0) is 25.0 Å². The Bertz CT molecular complexity index is 647. The van der Waals surface area contributed by atoms with Gasteiger partial charge in [0, 0.05) is 6.42 Å². The summed E-state index contributed by atoms with van der Waals surface area (Å²) in [5.74, 6) is -2.12. The normalized spacial score (nSPS) is 11.2. The van der Waals surface area contributed by atoms with Crippen LogP contribution in [0.25, 0.3) is 0 Å². The average molecular weight is 359 g/mol. The Morgan fingerprint density at radius 1 is 1.24 bits per heavy atom. The zero-order chi connectivity index (χ0) is 18.8. The van der Waals surface area contributed by atoms with E-state index >= 15 is 0 Å². The van der Waals surface area contributed by atoms with Crippen LogP contribution < -0.4 is 4.74 Å². The average Bonchev–Trinajstić information content (AvgIpc) is 2.52. The fourth-order valence-electron chi connectivity index (χ4n) is 1.82. The summed E-state index contributed by atoms with van der Waals surface area (Å²) >= 11 is 0. The fraction of sp³-hybridized carbons (Fsp3) is 0.385. The molecule has 0 amide bonds. The molecule has 0 spiro atoms. The molecular weight excluding hydrogens is 344 g/mol. The molecule has 2 N–H and O–H groups in total. The number of rotatable bonds is 11. The van der Waals surface area contributed by atoms with Gasteiger partial charge in [0.05, 0.1) is 0 Å². The molecule has 0 aromatic heterocycles. The van der Waals surface area contributed by atoms with E-state index in [2.05, 4.69) is 9.68 Å². The van der Waals surface area contributed by atoms with Crippen LogP contribution in [0.5, 0.6) is 5.75 Å². The standard InChI is InChI=1S/C13H14N2O10/c16-12(24-11-6-2-1-5-10(11)13(17)18)7-3-4-9(25-15(21)22)8-23-14(19)20/h1-2,5-6,9H,3-4,7-8H2,(H-,17,18,21,22)/p+1. The number of aromatic carboxylic acids is 1. The molecule has 1 unspecified atom stereocenters. The van der Waals surface area contributed by atoms with Crippen molar-refractivity contribution in [2.24, 2.45) is 0 Å². The Balaban J connectivity index is 2.50. The summed E-state index contributed by atoms with van der Waals surface area (Å²) in [5, 5.41) is 25.6. The highest BCUT2D eigenvalue weighted by molar-refractivity contribution is 5.91. The second-order valence-corrected chi connectivity index (χ2v) is 4.65. The molecule has 1 atom stereocenters. The van der Waals surface area contributed by atoms with E-state index in [-0.39, 0.29) is 30.6 Å². The molecule has 1 aromatic rings. The number of nitrogens with zero attached hydrogens (tertiary/aromatic N) is 2. The van der Waals surface area contributed by atoms with Crippen molar-refractivity contribution in [2.75, 3.05) is 6.61 Å². The lowest BCUT2D eigenvalue weighted by Gasteiger charge is -2.09. The number of carboxylic acid groups (broad SMARTS) is 1. The first-order chi connectivity index (χ1) is 11.8. The minimum Gasteiger partial charge on any atom is -0.478 e. The first-order valence-electron chi connectivity index (χ1n) is 6.92. The van der Waals surface area contributed by atoms with Gasteiger partial charge in [0.25, 0.3) is 5.09 Å². The summed E-state index contributed by atoms with van der Waals surface area (Å²) in [4.78, 5) is 51.6. The van der Waals surface area contributed by atoms with Gasteiger partial charge >= 0.3 is 17.0 Å². The van der Waals surface area contributed by atoms with Gasteiger partial charge in [-0.25, -0.2) is 10.0 Å². The van der Waals surface area contributed by atoms with Gasteiger partial charge in [-0.15, -0.1) is 10.1 Å². The summed E-state index contributed by atoms with van der Waals surface area (Å²) in [6, 6.07) is 5.56. The minimum atomic E-state index is -1.26. The number of carbonyl (C=O) groups is 2. The van der Waals surface area contributed by atoms with E-state index in [4.69, 9.17) is 15.1 Å². The highest BCUT2D eigenvalue weighted by atomic mass is 17.0. The quantitative estimate of drug-likeness (QED) is 0.253. The van der Waals surface area contributed by atoms with Crippen LogP contribution in [0.3, 0.4) is 0 Å². The minimum absolute atomic E-state index is 0.0389. The molecule has 0 aliphatic heterocycles. The Morgan fingerprint density at radius 3 is 2.52 bits per heavy atom. The van der Waals surface area contributed by atoms with Crippen molar-refractivity contribution < 1.29 is 44.5 Å². The highest BCUT2D eigenvalue weighted by Gasteiger charge is 2.22. The second kappa shape index (κ2) is 9.64. The topological polar surface area (TPSA) is 166 Å². The smallest absolute Gasteiger partial charge is 0.475 e. The third-order valence-corrected chi connectivity index (χ3v) is 2.85. The number of esters is 1. The zero-order valence-corrected chi connectivity index (χ0v) is 12.8. The van der Waals surface area contributed by atoms with E-state index in [9.17, 15) is 24.6 Å². The van der Waals surface area contributed by atoms with Gasteiger partial charge in [0.2, 0.25) is 6.10 Å². The zero-order valence-electron chi connectivity index (χ0n) is 12.8. The molecule has 0 bridgehead atoms. The summed E-state index contributed by atoms with van der Waals surface area (Å²) in [6.45, 7) is -0.622. The van der Waals surface area contributed by atoms with E-state index in [0.29, 0.717) is 0 Å². The van der Waals surface area contributed by atoms with Gasteiger partial charge in [-0.1, -0.05) is 12.1 Å². The van der Waals surface area contributed by atoms with Crippen LogP contribution in [0.1, 0.15) is 29.6 Å². The van der Waals surface area contributed by atoms with Crippen LogP contribution in [0.2, 0.25) is 0 Å². The lowest BCUT2D eigenvalue weighted by Crippen LogP contribution is -2.25. The number of ether oxygens (including phenoxy) is 1. The first-order valence-corrected chi connectivity index (χ1v) is 6.92. The fourth-order valence-corrected chi connectivity index (χ4v) is 1.82. The van der Waals surface area contributed by atoms with Crippen LogP contribution in [-0.4, -0.2) is 45.1 Å². The Morgan fingerprint density at radius 2 is 1.92 bits per heavy atom. The molecule has 0 fully saturated rings. The third kappa shape index (κ3) is 7.58. The lowest BCUT2D eigenvalue weighted by atomic mass is 10.1. The first kappa shape index (κ1) is 19.6. The number of carbonyl (C=O) groups excluding carboxylic acids is 1. The van der Waals surface area contributed by atoms with E-state index in [1.807, 2.05) is 0 Å². The van der Waals surface area contributed by atoms with E-state index in [0.717, 1.165) is 0 Å². The summed E-state index contributed by atoms with van der Waals surface area (Å²) in [5.41, 5.74) is -0.182.